The van der Waals surface area contributed by atoms with Crippen LogP contribution >= 0.6 is 0 Å². The van der Waals surface area contributed by atoms with Crippen LogP contribution in [-0.2, 0) is 9.53 Å². The lowest BCUT2D eigenvalue weighted by molar-refractivity contribution is -0.154. The molecular formula is C15H26N2O4. The quantitative estimate of drug-likeness (QED) is 0.830. The van der Waals surface area contributed by atoms with Crippen LogP contribution in [0.5, 0.6) is 0 Å². The van der Waals surface area contributed by atoms with Crippen LogP contribution in [0.15, 0.2) is 0 Å². The zero-order chi connectivity index (χ0) is 15.5. The van der Waals surface area contributed by atoms with Crippen molar-refractivity contribution in [1.29, 1.82) is 0 Å². The van der Waals surface area contributed by atoms with Crippen molar-refractivity contribution in [1.82, 2.24) is 10.2 Å². The average Bonchev–Trinajstić information content (AvgIpc) is 2.86. The molecule has 0 aromatic carbocycles. The van der Waals surface area contributed by atoms with Crippen LogP contribution in [0.25, 0.3) is 0 Å². The fraction of sp³-hybridized carbons (Fsp3) is 0.867. The Balaban J connectivity index is 1.97. The van der Waals surface area contributed by atoms with Gasteiger partial charge in [0.05, 0.1) is 5.41 Å². The highest BCUT2D eigenvalue weighted by Crippen LogP contribution is 2.31. The molecule has 6 heteroatoms. The van der Waals surface area contributed by atoms with Crippen molar-refractivity contribution in [3.05, 3.63) is 0 Å². The van der Waals surface area contributed by atoms with Crippen molar-refractivity contribution in [3.63, 3.8) is 0 Å². The van der Waals surface area contributed by atoms with Gasteiger partial charge in [-0.3, -0.25) is 4.79 Å². The molecule has 2 amide bonds. The summed E-state index contributed by atoms with van der Waals surface area (Å²) < 4.78 is 5.25. The number of carboxylic acid groups (broad SMARTS) is 1. The molecule has 2 N–H and O–H groups in total. The number of hydrogen-bond acceptors (Lipinski definition) is 3. The fourth-order valence-electron chi connectivity index (χ4n) is 3.40. The predicted molar refractivity (Wildman–Crippen MR) is 78.1 cm³/mol. The third-order valence-corrected chi connectivity index (χ3v) is 4.97. The Labute approximate surface area is 125 Å². The van der Waals surface area contributed by atoms with E-state index < -0.39 is 11.4 Å². The smallest absolute Gasteiger partial charge is 0.317 e. The zero-order valence-electron chi connectivity index (χ0n) is 12.9. The van der Waals surface area contributed by atoms with Gasteiger partial charge in [-0.2, -0.15) is 0 Å². The number of likely N-dealkylation sites (tertiary alicyclic amines) is 1. The lowest BCUT2D eigenvalue weighted by Crippen LogP contribution is -2.52. The lowest BCUT2D eigenvalue weighted by Gasteiger charge is -2.35. The summed E-state index contributed by atoms with van der Waals surface area (Å²) >= 11 is 0. The van der Waals surface area contributed by atoms with Crippen LogP contribution in [0.4, 0.5) is 4.79 Å². The molecule has 6 nitrogen and oxygen atoms in total. The number of hydrogen-bond donors (Lipinski definition) is 2. The molecule has 120 valence electrons. The van der Waals surface area contributed by atoms with Crippen molar-refractivity contribution in [3.8, 4) is 0 Å². The Morgan fingerprint density at radius 3 is 2.57 bits per heavy atom. The number of carbonyl (C=O) groups excluding carboxylic acids is 1. The standard InChI is InChI=1S/C15H26N2O4/c1-3-12-5-4-11(2)17(12)14(20)16-10-15(13(18)19)6-8-21-9-7-15/h11-12H,3-10H2,1-2H3,(H,16,20)(H,18,19). The van der Waals surface area contributed by atoms with Gasteiger partial charge in [-0.1, -0.05) is 6.92 Å². The third-order valence-electron chi connectivity index (χ3n) is 4.97. The molecule has 2 aliphatic heterocycles. The average molecular weight is 298 g/mol. The summed E-state index contributed by atoms with van der Waals surface area (Å²) in [6.45, 7) is 5.21. The molecule has 0 radical (unpaired) electrons. The van der Waals surface area contributed by atoms with Gasteiger partial charge in [0, 0.05) is 31.8 Å². The highest BCUT2D eigenvalue weighted by Gasteiger charge is 2.41. The van der Waals surface area contributed by atoms with E-state index in [2.05, 4.69) is 19.2 Å². The van der Waals surface area contributed by atoms with Gasteiger partial charge >= 0.3 is 12.0 Å². The van der Waals surface area contributed by atoms with Gasteiger partial charge in [0.1, 0.15) is 0 Å². The topological polar surface area (TPSA) is 78.9 Å². The number of carbonyl (C=O) groups is 2. The van der Waals surface area contributed by atoms with E-state index in [-0.39, 0.29) is 24.7 Å². The first-order valence-electron chi connectivity index (χ1n) is 7.87. The first-order valence-corrected chi connectivity index (χ1v) is 7.87. The second-order valence-corrected chi connectivity index (χ2v) is 6.25. The van der Waals surface area contributed by atoms with Crippen molar-refractivity contribution >= 4 is 12.0 Å². The van der Waals surface area contributed by atoms with Crippen LogP contribution in [-0.4, -0.2) is 53.8 Å². The van der Waals surface area contributed by atoms with Gasteiger partial charge in [-0.25, -0.2) is 4.79 Å². The Hall–Kier alpha value is -1.30. The molecule has 0 saturated carbocycles. The van der Waals surface area contributed by atoms with Crippen molar-refractivity contribution in [2.24, 2.45) is 5.41 Å². The Morgan fingerprint density at radius 1 is 1.33 bits per heavy atom. The molecular weight excluding hydrogens is 272 g/mol. The summed E-state index contributed by atoms with van der Waals surface area (Å²) in [4.78, 5) is 25.9. The Morgan fingerprint density at radius 2 is 2.00 bits per heavy atom. The van der Waals surface area contributed by atoms with Gasteiger partial charge in [-0.15, -0.1) is 0 Å². The molecule has 2 saturated heterocycles. The largest absolute Gasteiger partial charge is 0.481 e. The number of nitrogens with zero attached hydrogens (tertiary/aromatic N) is 1. The number of rotatable bonds is 4. The van der Waals surface area contributed by atoms with Gasteiger partial charge < -0.3 is 20.1 Å². The molecule has 2 atom stereocenters. The van der Waals surface area contributed by atoms with E-state index in [1.54, 1.807) is 0 Å². The van der Waals surface area contributed by atoms with Gasteiger partial charge in [0.2, 0.25) is 0 Å². The normalized spacial score (nSPS) is 28.4. The highest BCUT2D eigenvalue weighted by atomic mass is 16.5. The first-order chi connectivity index (χ1) is 10.00. The Bertz CT molecular complexity index is 393. The van der Waals surface area contributed by atoms with E-state index in [0.29, 0.717) is 26.1 Å². The number of urea groups is 1. The van der Waals surface area contributed by atoms with Crippen molar-refractivity contribution in [2.75, 3.05) is 19.8 Å². The summed E-state index contributed by atoms with van der Waals surface area (Å²) in [6.07, 6.45) is 3.90. The van der Waals surface area contributed by atoms with E-state index >= 15 is 0 Å². The van der Waals surface area contributed by atoms with Gasteiger partial charge in [-0.05, 0) is 39.0 Å². The monoisotopic (exact) mass is 298 g/mol. The molecule has 2 unspecified atom stereocenters. The van der Waals surface area contributed by atoms with E-state index in [1.165, 1.54) is 0 Å². The molecule has 0 aromatic rings. The van der Waals surface area contributed by atoms with E-state index in [4.69, 9.17) is 4.74 Å². The van der Waals surface area contributed by atoms with E-state index in [9.17, 15) is 14.7 Å². The molecule has 2 aliphatic rings. The molecule has 2 rings (SSSR count). The first kappa shape index (κ1) is 16.1. The molecule has 21 heavy (non-hydrogen) atoms. The van der Waals surface area contributed by atoms with Crippen LogP contribution in [0.2, 0.25) is 0 Å². The molecule has 0 aromatic heterocycles. The molecule has 0 aliphatic carbocycles. The second-order valence-electron chi connectivity index (χ2n) is 6.25. The summed E-state index contributed by atoms with van der Waals surface area (Å²) in [6, 6.07) is 0.375. The van der Waals surface area contributed by atoms with Crippen molar-refractivity contribution < 1.29 is 19.4 Å². The van der Waals surface area contributed by atoms with Crippen LogP contribution in [0, 0.1) is 5.41 Å². The summed E-state index contributed by atoms with van der Waals surface area (Å²) in [5.74, 6) is -0.840. The number of amides is 2. The Kier molecular flexibility index (Phi) is 5.08. The number of aliphatic carboxylic acids is 1. The number of carboxylic acids is 1. The molecule has 2 heterocycles. The number of ether oxygens (including phenoxy) is 1. The van der Waals surface area contributed by atoms with Gasteiger partial charge in [0.15, 0.2) is 0 Å². The van der Waals surface area contributed by atoms with E-state index in [1.807, 2.05) is 4.90 Å². The lowest BCUT2D eigenvalue weighted by atomic mass is 9.80. The third kappa shape index (κ3) is 3.31. The van der Waals surface area contributed by atoms with Gasteiger partial charge in [0.25, 0.3) is 0 Å². The fourth-order valence-corrected chi connectivity index (χ4v) is 3.40. The summed E-state index contributed by atoms with van der Waals surface area (Å²) in [5, 5.41) is 12.4. The maximum Gasteiger partial charge on any atom is 0.317 e. The minimum Gasteiger partial charge on any atom is -0.481 e. The zero-order valence-corrected chi connectivity index (χ0v) is 12.9. The minimum atomic E-state index is -0.876. The van der Waals surface area contributed by atoms with E-state index in [0.717, 1.165) is 19.3 Å². The summed E-state index contributed by atoms with van der Waals surface area (Å²) in [7, 11) is 0. The van der Waals surface area contributed by atoms with Crippen LogP contribution in [0.1, 0.15) is 46.0 Å². The highest BCUT2D eigenvalue weighted by molar-refractivity contribution is 5.78. The van der Waals surface area contributed by atoms with Crippen LogP contribution < -0.4 is 5.32 Å². The maximum atomic E-state index is 12.4. The predicted octanol–water partition coefficient (Wildman–Crippen LogP) is 1.84. The minimum absolute atomic E-state index is 0.126. The van der Waals surface area contributed by atoms with Crippen molar-refractivity contribution in [2.45, 2.75) is 58.0 Å². The maximum absolute atomic E-state index is 12.4. The molecule has 0 bridgehead atoms. The van der Waals surface area contributed by atoms with Crippen LogP contribution in [0.3, 0.4) is 0 Å². The molecule has 2 fully saturated rings. The summed E-state index contributed by atoms with van der Waals surface area (Å²) in [5.41, 5.74) is -0.876. The molecule has 0 spiro atoms. The second kappa shape index (κ2) is 6.64. The number of nitrogens with one attached hydrogen (secondary N) is 1. The SMILES string of the molecule is CCC1CCC(C)N1C(=O)NCC1(C(=O)O)CCOCC1.